The van der Waals surface area contributed by atoms with Crippen molar-refractivity contribution in [1.29, 1.82) is 0 Å². The lowest BCUT2D eigenvalue weighted by atomic mass is 10.4. The Kier molecular flexibility index (Phi) is 5.46. The molecule has 0 heterocycles. The molecule has 0 aromatic carbocycles. The third-order valence-electron chi connectivity index (χ3n) is 0.664. The van der Waals surface area contributed by atoms with Crippen LogP contribution in [0, 0.1) is 0 Å². The Labute approximate surface area is 56.1 Å². The van der Waals surface area contributed by atoms with Gasteiger partial charge in [-0.1, -0.05) is 17.6 Å². The maximum absolute atomic E-state index is 10.3. The maximum atomic E-state index is 10.3. The number of rotatable bonds is 3. The molecular weight excluding hydrogens is 139 g/mol. The van der Waals surface area contributed by atoms with Crippen molar-refractivity contribution < 1.29 is 4.57 Å². The highest BCUT2D eigenvalue weighted by Gasteiger charge is 2.00. The van der Waals surface area contributed by atoms with Crippen molar-refractivity contribution >= 4 is 19.3 Å². The summed E-state index contributed by atoms with van der Waals surface area (Å²) < 4.78 is 10.3. The summed E-state index contributed by atoms with van der Waals surface area (Å²) in [4.78, 5) is 0. The van der Waals surface area contributed by atoms with Gasteiger partial charge >= 0.3 is 7.00 Å². The summed E-state index contributed by atoms with van der Waals surface area (Å²) in [5.74, 6) is 0. The fraction of sp³-hybridized carbons (Fsp3) is 0.600. The Hall–Kier alpha value is 0.190. The van der Waals surface area contributed by atoms with Gasteiger partial charge in [0.05, 0.1) is 0 Å². The van der Waals surface area contributed by atoms with Crippen LogP contribution in [0.15, 0.2) is 12.2 Å². The van der Waals surface area contributed by atoms with Crippen molar-refractivity contribution in [3.63, 3.8) is 0 Å². The molecule has 1 nitrogen and oxygen atoms in total. The molecule has 0 aliphatic rings. The van der Waals surface area contributed by atoms with Gasteiger partial charge in [-0.05, 0) is 12.5 Å². The van der Waals surface area contributed by atoms with Crippen LogP contribution in [0.2, 0.25) is 0 Å². The van der Waals surface area contributed by atoms with Crippen molar-refractivity contribution in [2.24, 2.45) is 0 Å². The van der Waals surface area contributed by atoms with Gasteiger partial charge in [0, 0.05) is 0 Å². The number of allylic oxidation sites excluding steroid dienone is 2. The molecule has 0 aromatic heterocycles. The molecule has 1 unspecified atom stereocenters. The molecule has 0 aromatic rings. The van der Waals surface area contributed by atoms with Gasteiger partial charge in [-0.3, -0.25) is 0 Å². The largest absolute Gasteiger partial charge is 0.411 e. The molecule has 3 heteroatoms. The van der Waals surface area contributed by atoms with Crippen LogP contribution in [0.1, 0.15) is 13.3 Å². The molecule has 0 rings (SSSR count). The topological polar surface area (TPSA) is 17.1 Å². The molecule has 0 saturated heterocycles. The first-order valence-electron chi connectivity index (χ1n) is 2.56. The molecule has 0 bridgehead atoms. The SMILES string of the molecule is CCC=CC[P+](=O)S. The van der Waals surface area contributed by atoms with Crippen LogP contribution in [-0.2, 0) is 4.57 Å². The van der Waals surface area contributed by atoms with Crippen LogP contribution < -0.4 is 0 Å². The lowest BCUT2D eigenvalue weighted by molar-refractivity contribution is 0.598. The van der Waals surface area contributed by atoms with Crippen LogP contribution in [0.25, 0.3) is 0 Å². The maximum Gasteiger partial charge on any atom is 0.411 e. The fourth-order valence-corrected chi connectivity index (χ4v) is 0.944. The van der Waals surface area contributed by atoms with Gasteiger partial charge in [-0.25, -0.2) is 0 Å². The van der Waals surface area contributed by atoms with E-state index < -0.39 is 7.00 Å². The summed E-state index contributed by atoms with van der Waals surface area (Å²) in [5, 5.41) is 0. The quantitative estimate of drug-likeness (QED) is 0.371. The van der Waals surface area contributed by atoms with Crippen LogP contribution >= 0.6 is 19.3 Å². The summed E-state index contributed by atoms with van der Waals surface area (Å²) in [6.07, 6.45) is 5.50. The Morgan fingerprint density at radius 3 is 2.62 bits per heavy atom. The first-order valence-corrected chi connectivity index (χ1v) is 5.15. The van der Waals surface area contributed by atoms with E-state index >= 15 is 0 Å². The lowest BCUT2D eigenvalue weighted by Gasteiger charge is -1.70. The minimum Gasteiger partial charge on any atom is -0.0846 e. The molecule has 1 atom stereocenters. The van der Waals surface area contributed by atoms with E-state index in [2.05, 4.69) is 12.2 Å². The van der Waals surface area contributed by atoms with E-state index in [4.69, 9.17) is 0 Å². The van der Waals surface area contributed by atoms with E-state index in [1.165, 1.54) is 0 Å². The van der Waals surface area contributed by atoms with Gasteiger partial charge in [0.1, 0.15) is 12.2 Å². The Morgan fingerprint density at radius 1 is 1.62 bits per heavy atom. The van der Waals surface area contributed by atoms with E-state index in [1.807, 2.05) is 19.1 Å². The Bertz CT molecular complexity index is 101. The standard InChI is InChI=1S/C5H9OPS/c1-2-3-4-5-7(6)8/h3-4H,2,5H2,1H3/p+1. The van der Waals surface area contributed by atoms with E-state index in [0.717, 1.165) is 6.42 Å². The zero-order chi connectivity index (χ0) is 6.41. The first-order chi connectivity index (χ1) is 3.77. The number of thiol groups is 1. The fourth-order valence-electron chi connectivity index (χ4n) is 0.331. The minimum absolute atomic E-state index is 0.603. The van der Waals surface area contributed by atoms with Gasteiger partial charge in [-0.2, -0.15) is 0 Å². The van der Waals surface area contributed by atoms with E-state index in [1.54, 1.807) is 0 Å². The molecule has 0 aliphatic carbocycles. The average Bonchev–Trinajstić information content (AvgIpc) is 1.66. The third kappa shape index (κ3) is 6.19. The Morgan fingerprint density at radius 2 is 2.25 bits per heavy atom. The normalized spacial score (nSPS) is 12.5. The molecule has 0 amide bonds. The molecule has 0 saturated carbocycles. The molecular formula is C5H10OPS+. The summed E-state index contributed by atoms with van der Waals surface area (Å²) in [7, 11) is -1.25. The average molecular weight is 149 g/mol. The second kappa shape index (κ2) is 5.33. The first kappa shape index (κ1) is 8.19. The molecule has 8 heavy (non-hydrogen) atoms. The van der Waals surface area contributed by atoms with Crippen LogP contribution in [0.4, 0.5) is 0 Å². The van der Waals surface area contributed by atoms with Gasteiger partial charge < -0.3 is 0 Å². The van der Waals surface area contributed by atoms with Gasteiger partial charge in [0.25, 0.3) is 0 Å². The van der Waals surface area contributed by atoms with E-state index in [-0.39, 0.29) is 0 Å². The highest BCUT2D eigenvalue weighted by molar-refractivity contribution is 8.40. The van der Waals surface area contributed by atoms with E-state index in [9.17, 15) is 4.57 Å². The molecule has 0 radical (unpaired) electrons. The van der Waals surface area contributed by atoms with Crippen LogP contribution in [-0.4, -0.2) is 6.16 Å². The molecule has 0 spiro atoms. The third-order valence-corrected chi connectivity index (χ3v) is 1.68. The van der Waals surface area contributed by atoms with Crippen molar-refractivity contribution in [3.8, 4) is 0 Å². The highest BCUT2D eigenvalue weighted by Crippen LogP contribution is 2.24. The van der Waals surface area contributed by atoms with Crippen LogP contribution in [0.3, 0.4) is 0 Å². The molecule has 0 N–H and O–H groups in total. The van der Waals surface area contributed by atoms with E-state index in [0.29, 0.717) is 6.16 Å². The van der Waals surface area contributed by atoms with Crippen molar-refractivity contribution in [3.05, 3.63) is 12.2 Å². The van der Waals surface area contributed by atoms with Crippen molar-refractivity contribution in [2.45, 2.75) is 13.3 Å². The van der Waals surface area contributed by atoms with Gasteiger partial charge in [-0.15, -0.1) is 0 Å². The van der Waals surface area contributed by atoms with Crippen molar-refractivity contribution in [1.82, 2.24) is 0 Å². The molecule has 0 fully saturated rings. The predicted molar refractivity (Wildman–Crippen MR) is 40.9 cm³/mol. The summed E-state index contributed by atoms with van der Waals surface area (Å²) in [6, 6.07) is 0. The molecule has 46 valence electrons. The lowest BCUT2D eigenvalue weighted by Crippen LogP contribution is -1.61. The van der Waals surface area contributed by atoms with Gasteiger partial charge in [0.15, 0.2) is 6.16 Å². The number of hydrogen-bond acceptors (Lipinski definition) is 1. The highest BCUT2D eigenvalue weighted by atomic mass is 32.7. The van der Waals surface area contributed by atoms with Crippen molar-refractivity contribution in [2.75, 3.05) is 6.16 Å². The summed E-state index contributed by atoms with van der Waals surface area (Å²) >= 11 is 3.73. The Balaban J connectivity index is 3.16. The predicted octanol–water partition coefficient (Wildman–Crippen LogP) is 2.62. The summed E-state index contributed by atoms with van der Waals surface area (Å²) in [6.45, 7) is 2.04. The summed E-state index contributed by atoms with van der Waals surface area (Å²) in [5.41, 5.74) is 0. The smallest absolute Gasteiger partial charge is 0.0846 e. The second-order valence-electron chi connectivity index (χ2n) is 1.41. The van der Waals surface area contributed by atoms with Crippen LogP contribution in [0.5, 0.6) is 0 Å². The van der Waals surface area contributed by atoms with Gasteiger partial charge in [0.2, 0.25) is 0 Å². The second-order valence-corrected chi connectivity index (χ2v) is 3.82. The molecule has 0 aliphatic heterocycles. The number of hydrogen-bond donors (Lipinski definition) is 1. The monoisotopic (exact) mass is 149 g/mol. The minimum atomic E-state index is -1.25. The zero-order valence-electron chi connectivity index (χ0n) is 4.87. The zero-order valence-corrected chi connectivity index (χ0v) is 6.66.